The van der Waals surface area contributed by atoms with Gasteiger partial charge in [-0.3, -0.25) is 9.69 Å². The second kappa shape index (κ2) is 9.20. The van der Waals surface area contributed by atoms with Crippen molar-refractivity contribution in [2.24, 2.45) is 0 Å². The first-order chi connectivity index (χ1) is 15.1. The summed E-state index contributed by atoms with van der Waals surface area (Å²) in [5.41, 5.74) is 1.39. The first-order valence-corrected chi connectivity index (χ1v) is 10.5. The van der Waals surface area contributed by atoms with Crippen molar-refractivity contribution in [2.45, 2.75) is 26.6 Å². The molecule has 32 heavy (non-hydrogen) atoms. The van der Waals surface area contributed by atoms with Gasteiger partial charge in [-0.25, -0.2) is 0 Å². The minimum atomic E-state index is -4.42. The number of phenols is 1. The number of likely N-dealkylation sites (N-methyl/N-ethyl adjacent to an activating group) is 1. The van der Waals surface area contributed by atoms with E-state index in [1.54, 1.807) is 25.3 Å². The Bertz CT molecular complexity index is 1050. The molecule has 1 amide bonds. The van der Waals surface area contributed by atoms with E-state index in [1.807, 2.05) is 19.9 Å². The van der Waals surface area contributed by atoms with Gasteiger partial charge in [0.15, 0.2) is 5.11 Å². The fourth-order valence-electron chi connectivity index (χ4n) is 3.52. The highest BCUT2D eigenvalue weighted by atomic mass is 32.1. The Morgan fingerprint density at radius 3 is 2.25 bits per heavy atom. The molecule has 1 aliphatic rings. The molecule has 5 nitrogen and oxygen atoms in total. The van der Waals surface area contributed by atoms with Crippen molar-refractivity contribution in [3.05, 3.63) is 64.9 Å². The number of alkyl halides is 3. The fraction of sp³-hybridized carbons (Fsp3) is 0.304. The Kier molecular flexibility index (Phi) is 6.78. The second-order valence-corrected chi connectivity index (χ2v) is 7.74. The lowest BCUT2D eigenvalue weighted by atomic mass is 10.1. The maximum absolute atomic E-state index is 13.0. The van der Waals surface area contributed by atoms with Crippen LogP contribution in [0.15, 0.2) is 48.2 Å². The van der Waals surface area contributed by atoms with E-state index in [0.717, 1.165) is 30.9 Å². The molecule has 2 aromatic carbocycles. The molecule has 3 rings (SSSR count). The van der Waals surface area contributed by atoms with Crippen molar-refractivity contribution < 1.29 is 23.1 Å². The Balaban J connectivity index is 1.83. The number of halogens is 3. The first kappa shape index (κ1) is 23.6. The van der Waals surface area contributed by atoms with Crippen LogP contribution in [-0.2, 0) is 17.5 Å². The van der Waals surface area contributed by atoms with Crippen molar-refractivity contribution in [1.82, 2.24) is 9.80 Å². The normalized spacial score (nSPS) is 15.8. The predicted molar refractivity (Wildman–Crippen MR) is 122 cm³/mol. The molecule has 2 aromatic rings. The molecule has 1 aliphatic heterocycles. The van der Waals surface area contributed by atoms with Crippen LogP contribution in [0.2, 0.25) is 0 Å². The highest BCUT2D eigenvalue weighted by molar-refractivity contribution is 7.80. The number of phenolic OH excluding ortho intramolecular Hbond substituents is 1. The summed E-state index contributed by atoms with van der Waals surface area (Å²) in [6.45, 7) is 5.68. The van der Waals surface area contributed by atoms with E-state index in [2.05, 4.69) is 4.90 Å². The molecule has 0 aliphatic carbocycles. The van der Waals surface area contributed by atoms with Gasteiger partial charge >= 0.3 is 6.18 Å². The Labute approximate surface area is 190 Å². The number of anilines is 1. The smallest absolute Gasteiger partial charge is 0.416 e. The number of nitrogens with zero attached hydrogens (tertiary/aromatic N) is 3. The summed E-state index contributed by atoms with van der Waals surface area (Å²) in [7, 11) is 1.64. The molecule has 0 aromatic heterocycles. The molecule has 1 fully saturated rings. The summed E-state index contributed by atoms with van der Waals surface area (Å²) in [6.07, 6.45) is -2.86. The summed E-state index contributed by atoms with van der Waals surface area (Å²) < 4.78 is 38.3. The summed E-state index contributed by atoms with van der Waals surface area (Å²) >= 11 is 5.38. The molecule has 0 unspecified atom stereocenters. The van der Waals surface area contributed by atoms with Gasteiger partial charge in [-0.1, -0.05) is 12.1 Å². The lowest BCUT2D eigenvalue weighted by Crippen LogP contribution is -2.30. The van der Waals surface area contributed by atoms with E-state index in [-0.39, 0.29) is 29.0 Å². The number of hydrogen-bond donors (Lipinski definition) is 1. The average Bonchev–Trinajstić information content (AvgIpc) is 2.94. The van der Waals surface area contributed by atoms with E-state index < -0.39 is 11.7 Å². The molecule has 9 heteroatoms. The average molecular weight is 464 g/mol. The van der Waals surface area contributed by atoms with Crippen LogP contribution in [0.1, 0.15) is 30.5 Å². The van der Waals surface area contributed by atoms with Crippen LogP contribution in [-0.4, -0.2) is 46.1 Å². The molecule has 1 N–H and O–H groups in total. The van der Waals surface area contributed by atoms with Crippen LogP contribution in [0.5, 0.6) is 5.75 Å². The molecular weight excluding hydrogens is 439 g/mol. The number of amides is 1. The van der Waals surface area contributed by atoms with Gasteiger partial charge in [0, 0.05) is 37.5 Å². The molecule has 0 atom stereocenters. The third-order valence-corrected chi connectivity index (χ3v) is 5.89. The fourth-order valence-corrected chi connectivity index (χ4v) is 3.77. The number of carbonyl (C=O) groups is 1. The minimum absolute atomic E-state index is 0.0372. The highest BCUT2D eigenvalue weighted by Gasteiger charge is 2.36. The number of hydrogen-bond acceptors (Lipinski definition) is 4. The first-order valence-electron chi connectivity index (χ1n) is 10.1. The van der Waals surface area contributed by atoms with Gasteiger partial charge < -0.3 is 14.9 Å². The standard InChI is InChI=1S/C23H24F3N3O2S/c1-4-28(5-2)18-11-8-16(20(30)13-18)12-19-21(31)29(22(32)27(19)3)14-15-6-9-17(10-7-15)23(24,25)26/h6-13,30H,4-5,14H2,1-3H3. The van der Waals surface area contributed by atoms with Crippen LogP contribution in [0.25, 0.3) is 6.08 Å². The quantitative estimate of drug-likeness (QED) is 0.490. The molecule has 1 saturated heterocycles. The third-order valence-electron chi connectivity index (χ3n) is 5.40. The molecule has 0 radical (unpaired) electrons. The monoisotopic (exact) mass is 463 g/mol. The van der Waals surface area contributed by atoms with Crippen LogP contribution in [0, 0.1) is 0 Å². The zero-order chi connectivity index (χ0) is 23.6. The number of benzene rings is 2. The van der Waals surface area contributed by atoms with Crippen molar-refractivity contribution in [3.63, 3.8) is 0 Å². The maximum atomic E-state index is 13.0. The van der Waals surface area contributed by atoms with E-state index in [0.29, 0.717) is 11.1 Å². The van der Waals surface area contributed by atoms with E-state index in [9.17, 15) is 23.1 Å². The SMILES string of the molecule is CCN(CC)c1ccc(C=C2C(=O)N(Cc3ccc(C(F)(F)F)cc3)C(=S)N2C)c(O)c1. The second-order valence-electron chi connectivity index (χ2n) is 7.37. The number of aromatic hydroxyl groups is 1. The van der Waals surface area contributed by atoms with Crippen molar-refractivity contribution in [3.8, 4) is 5.75 Å². The van der Waals surface area contributed by atoms with Crippen molar-refractivity contribution >= 4 is 35.0 Å². The van der Waals surface area contributed by atoms with Gasteiger partial charge in [-0.15, -0.1) is 0 Å². The number of thiocarbonyl (C=S) groups is 1. The largest absolute Gasteiger partial charge is 0.507 e. The number of carbonyl (C=O) groups excluding carboxylic acids is 1. The lowest BCUT2D eigenvalue weighted by molar-refractivity contribution is -0.137. The lowest BCUT2D eigenvalue weighted by Gasteiger charge is -2.21. The summed E-state index contributed by atoms with van der Waals surface area (Å²) in [6, 6.07) is 9.88. The highest BCUT2D eigenvalue weighted by Crippen LogP contribution is 2.31. The molecule has 1 heterocycles. The molecule has 0 saturated carbocycles. The number of rotatable bonds is 6. The molecule has 0 bridgehead atoms. The maximum Gasteiger partial charge on any atom is 0.416 e. The topological polar surface area (TPSA) is 47.0 Å². The van der Waals surface area contributed by atoms with Crippen molar-refractivity contribution in [1.29, 1.82) is 0 Å². The Morgan fingerprint density at radius 1 is 1.09 bits per heavy atom. The van der Waals surface area contributed by atoms with Crippen molar-refractivity contribution in [2.75, 3.05) is 25.0 Å². The van der Waals surface area contributed by atoms with Gasteiger partial charge in [0.25, 0.3) is 5.91 Å². The van der Waals surface area contributed by atoms with Crippen LogP contribution in [0.3, 0.4) is 0 Å². The van der Waals surface area contributed by atoms with E-state index >= 15 is 0 Å². The zero-order valence-electron chi connectivity index (χ0n) is 18.0. The molecule has 0 spiro atoms. The Hall–Kier alpha value is -3.07. The zero-order valence-corrected chi connectivity index (χ0v) is 18.8. The van der Waals surface area contributed by atoms with Gasteiger partial charge in [0.05, 0.1) is 12.1 Å². The minimum Gasteiger partial charge on any atom is -0.507 e. The summed E-state index contributed by atoms with van der Waals surface area (Å²) in [5, 5.41) is 10.7. The van der Waals surface area contributed by atoms with Crippen LogP contribution in [0.4, 0.5) is 18.9 Å². The van der Waals surface area contributed by atoms with E-state index in [4.69, 9.17) is 12.2 Å². The summed E-state index contributed by atoms with van der Waals surface area (Å²) in [4.78, 5) is 17.9. The van der Waals surface area contributed by atoms with Gasteiger partial charge in [0.1, 0.15) is 11.4 Å². The molecular formula is C23H24F3N3O2S. The van der Waals surface area contributed by atoms with Gasteiger partial charge in [-0.05, 0) is 62.0 Å². The Morgan fingerprint density at radius 2 is 1.72 bits per heavy atom. The van der Waals surface area contributed by atoms with Gasteiger partial charge in [-0.2, -0.15) is 13.2 Å². The van der Waals surface area contributed by atoms with Crippen LogP contribution < -0.4 is 4.90 Å². The van der Waals surface area contributed by atoms with Gasteiger partial charge in [0.2, 0.25) is 0 Å². The third kappa shape index (κ3) is 4.72. The van der Waals surface area contributed by atoms with Crippen LogP contribution >= 0.6 is 12.2 Å². The summed E-state index contributed by atoms with van der Waals surface area (Å²) in [5.74, 6) is -0.347. The van der Waals surface area contributed by atoms with E-state index in [1.165, 1.54) is 21.9 Å². The predicted octanol–water partition coefficient (Wildman–Crippen LogP) is 4.86. The molecule has 170 valence electrons.